The minimum absolute atomic E-state index is 0.00694. The SMILES string of the molecule is CNC(=O)C1CCCO1.NCC1CCCO1. The standard InChI is InChI=1S/C6H11NO2.C5H11NO/c1-7-6(8)5-3-2-4-9-5;6-4-5-2-1-3-7-5/h5H,2-4H2,1H3,(H,7,8);5H,1-4,6H2. The summed E-state index contributed by atoms with van der Waals surface area (Å²) < 4.78 is 10.3. The van der Waals surface area contributed by atoms with Crippen molar-refractivity contribution in [3.8, 4) is 0 Å². The molecule has 0 aromatic rings. The van der Waals surface area contributed by atoms with Gasteiger partial charge in [0.15, 0.2) is 0 Å². The van der Waals surface area contributed by atoms with E-state index in [0.29, 0.717) is 12.6 Å². The number of carbonyl (C=O) groups is 1. The maximum Gasteiger partial charge on any atom is 0.248 e. The van der Waals surface area contributed by atoms with Gasteiger partial charge < -0.3 is 20.5 Å². The van der Waals surface area contributed by atoms with Crippen LogP contribution in [0.25, 0.3) is 0 Å². The molecule has 1 amide bonds. The van der Waals surface area contributed by atoms with Crippen molar-refractivity contribution in [3.63, 3.8) is 0 Å². The van der Waals surface area contributed by atoms with Crippen LogP contribution in [0.1, 0.15) is 25.7 Å². The highest BCUT2D eigenvalue weighted by Crippen LogP contribution is 2.11. The van der Waals surface area contributed by atoms with Gasteiger partial charge in [-0.2, -0.15) is 0 Å². The second-order valence-corrected chi connectivity index (χ2v) is 3.99. The molecule has 0 spiro atoms. The first-order valence-corrected chi connectivity index (χ1v) is 5.92. The number of likely N-dealkylation sites (N-methyl/N-ethyl adjacent to an activating group) is 1. The molecule has 0 aromatic carbocycles. The maximum absolute atomic E-state index is 10.8. The summed E-state index contributed by atoms with van der Waals surface area (Å²) in [5, 5.41) is 2.54. The third-order valence-electron chi connectivity index (χ3n) is 2.76. The highest BCUT2D eigenvalue weighted by molar-refractivity contribution is 5.80. The molecule has 5 heteroatoms. The van der Waals surface area contributed by atoms with Crippen LogP contribution in [0, 0.1) is 0 Å². The molecular weight excluding hydrogens is 208 g/mol. The van der Waals surface area contributed by atoms with E-state index in [1.165, 1.54) is 6.42 Å². The van der Waals surface area contributed by atoms with Crippen molar-refractivity contribution in [1.29, 1.82) is 0 Å². The topological polar surface area (TPSA) is 73.6 Å². The Bertz CT molecular complexity index is 199. The average Bonchev–Trinajstić information content (AvgIpc) is 3.01. The van der Waals surface area contributed by atoms with Crippen LogP contribution in [-0.2, 0) is 14.3 Å². The van der Waals surface area contributed by atoms with E-state index in [0.717, 1.165) is 32.5 Å². The van der Waals surface area contributed by atoms with E-state index < -0.39 is 0 Å². The van der Waals surface area contributed by atoms with E-state index >= 15 is 0 Å². The van der Waals surface area contributed by atoms with Crippen molar-refractivity contribution in [1.82, 2.24) is 5.32 Å². The molecule has 0 bridgehead atoms. The van der Waals surface area contributed by atoms with Crippen LogP contribution in [-0.4, -0.2) is 44.9 Å². The fraction of sp³-hybridized carbons (Fsp3) is 0.909. The third kappa shape index (κ3) is 4.47. The molecule has 2 fully saturated rings. The summed E-state index contributed by atoms with van der Waals surface area (Å²) in [6.45, 7) is 2.35. The summed E-state index contributed by atoms with van der Waals surface area (Å²) in [7, 11) is 1.63. The maximum atomic E-state index is 10.8. The molecule has 2 saturated heterocycles. The van der Waals surface area contributed by atoms with E-state index in [1.54, 1.807) is 7.05 Å². The van der Waals surface area contributed by atoms with Gasteiger partial charge in [-0.1, -0.05) is 0 Å². The number of amides is 1. The summed E-state index contributed by atoms with van der Waals surface area (Å²) in [6, 6.07) is 0. The number of nitrogens with two attached hydrogens (primary N) is 1. The lowest BCUT2D eigenvalue weighted by Gasteiger charge is -2.05. The first-order chi connectivity index (χ1) is 7.77. The predicted octanol–water partition coefficient (Wildman–Crippen LogP) is 0.0355. The molecule has 2 aliphatic heterocycles. The van der Waals surface area contributed by atoms with Crippen molar-refractivity contribution >= 4 is 5.91 Å². The number of hydrogen-bond acceptors (Lipinski definition) is 4. The Hall–Kier alpha value is -0.650. The van der Waals surface area contributed by atoms with Crippen molar-refractivity contribution < 1.29 is 14.3 Å². The first-order valence-electron chi connectivity index (χ1n) is 5.92. The molecule has 0 radical (unpaired) electrons. The first kappa shape index (κ1) is 13.4. The van der Waals surface area contributed by atoms with Crippen LogP contribution in [0.3, 0.4) is 0 Å². The molecule has 2 heterocycles. The van der Waals surface area contributed by atoms with Gasteiger partial charge in [0.25, 0.3) is 0 Å². The smallest absolute Gasteiger partial charge is 0.248 e. The second-order valence-electron chi connectivity index (χ2n) is 3.99. The zero-order valence-corrected chi connectivity index (χ0v) is 9.91. The molecule has 0 saturated carbocycles. The Morgan fingerprint density at radius 3 is 2.38 bits per heavy atom. The molecule has 2 rings (SSSR count). The molecule has 5 nitrogen and oxygen atoms in total. The van der Waals surface area contributed by atoms with Crippen molar-refractivity contribution in [2.75, 3.05) is 26.8 Å². The third-order valence-corrected chi connectivity index (χ3v) is 2.76. The van der Waals surface area contributed by atoms with Gasteiger partial charge >= 0.3 is 0 Å². The predicted molar refractivity (Wildman–Crippen MR) is 61.1 cm³/mol. The number of hydrogen-bond donors (Lipinski definition) is 2. The molecule has 16 heavy (non-hydrogen) atoms. The van der Waals surface area contributed by atoms with Crippen LogP contribution >= 0.6 is 0 Å². The average molecular weight is 230 g/mol. The molecule has 94 valence electrons. The Morgan fingerprint density at radius 2 is 2.00 bits per heavy atom. The lowest BCUT2D eigenvalue weighted by atomic mass is 10.2. The fourth-order valence-corrected chi connectivity index (χ4v) is 1.78. The van der Waals surface area contributed by atoms with E-state index in [9.17, 15) is 4.79 Å². The lowest BCUT2D eigenvalue weighted by molar-refractivity contribution is -0.129. The van der Waals surface area contributed by atoms with E-state index in [4.69, 9.17) is 15.2 Å². The number of nitrogens with one attached hydrogen (secondary N) is 1. The molecule has 2 unspecified atom stereocenters. The van der Waals surface area contributed by atoms with E-state index in [1.807, 2.05) is 0 Å². The molecular formula is C11H22N2O3. The minimum atomic E-state index is -0.171. The van der Waals surface area contributed by atoms with E-state index in [-0.39, 0.29) is 12.0 Å². The van der Waals surface area contributed by atoms with Crippen LogP contribution < -0.4 is 11.1 Å². The largest absolute Gasteiger partial charge is 0.377 e. The van der Waals surface area contributed by atoms with Gasteiger partial charge in [-0.3, -0.25) is 4.79 Å². The normalized spacial score (nSPS) is 28.4. The second kappa shape index (κ2) is 7.60. The monoisotopic (exact) mass is 230 g/mol. The van der Waals surface area contributed by atoms with Gasteiger partial charge in [0.05, 0.1) is 6.10 Å². The van der Waals surface area contributed by atoms with Crippen molar-refractivity contribution in [2.45, 2.75) is 37.9 Å². The summed E-state index contributed by atoms with van der Waals surface area (Å²) >= 11 is 0. The molecule has 2 aliphatic rings. The van der Waals surface area contributed by atoms with Gasteiger partial charge in [-0.15, -0.1) is 0 Å². The number of carbonyl (C=O) groups excluding carboxylic acids is 1. The van der Waals surface area contributed by atoms with Gasteiger partial charge in [0.2, 0.25) is 5.91 Å². The zero-order chi connectivity index (χ0) is 11.8. The van der Waals surface area contributed by atoms with Crippen molar-refractivity contribution in [3.05, 3.63) is 0 Å². The Labute approximate surface area is 96.7 Å². The summed E-state index contributed by atoms with van der Waals surface area (Å²) in [4.78, 5) is 10.8. The molecule has 0 aliphatic carbocycles. The highest BCUT2D eigenvalue weighted by atomic mass is 16.5. The van der Waals surface area contributed by atoms with Crippen LogP contribution in [0.2, 0.25) is 0 Å². The number of ether oxygens (including phenoxy) is 2. The van der Waals surface area contributed by atoms with Crippen molar-refractivity contribution in [2.24, 2.45) is 5.73 Å². The summed E-state index contributed by atoms with van der Waals surface area (Å²) in [5.41, 5.74) is 5.31. The summed E-state index contributed by atoms with van der Waals surface area (Å²) in [6.07, 6.45) is 4.45. The van der Waals surface area contributed by atoms with Gasteiger partial charge in [-0.05, 0) is 25.7 Å². The molecule has 2 atom stereocenters. The van der Waals surface area contributed by atoms with Crippen LogP contribution in [0.5, 0.6) is 0 Å². The van der Waals surface area contributed by atoms with Crippen LogP contribution in [0.15, 0.2) is 0 Å². The van der Waals surface area contributed by atoms with Gasteiger partial charge in [-0.25, -0.2) is 0 Å². The van der Waals surface area contributed by atoms with E-state index in [2.05, 4.69) is 5.32 Å². The van der Waals surface area contributed by atoms with Gasteiger partial charge in [0, 0.05) is 26.8 Å². The highest BCUT2D eigenvalue weighted by Gasteiger charge is 2.21. The summed E-state index contributed by atoms with van der Waals surface area (Å²) in [5.74, 6) is 0.00694. The quantitative estimate of drug-likeness (QED) is 0.702. The number of rotatable bonds is 2. The molecule has 3 N–H and O–H groups in total. The lowest BCUT2D eigenvalue weighted by Crippen LogP contribution is -2.30. The Kier molecular flexibility index (Phi) is 6.37. The molecule has 0 aromatic heterocycles. The Balaban J connectivity index is 0.000000165. The van der Waals surface area contributed by atoms with Gasteiger partial charge in [0.1, 0.15) is 6.10 Å². The van der Waals surface area contributed by atoms with Crippen LogP contribution in [0.4, 0.5) is 0 Å². The fourth-order valence-electron chi connectivity index (χ4n) is 1.78. The Morgan fingerprint density at radius 1 is 1.31 bits per heavy atom. The minimum Gasteiger partial charge on any atom is -0.377 e. The zero-order valence-electron chi connectivity index (χ0n) is 9.91.